The molecular formula is C25H30N4O5S. The molecule has 35 heavy (non-hydrogen) atoms. The van der Waals surface area contributed by atoms with Gasteiger partial charge in [-0.1, -0.05) is 43.3 Å². The van der Waals surface area contributed by atoms with Crippen LogP contribution in [0.5, 0.6) is 5.75 Å². The smallest absolute Gasteiger partial charge is 0.243 e. The van der Waals surface area contributed by atoms with Gasteiger partial charge in [-0.2, -0.15) is 9.29 Å². The molecule has 0 spiro atoms. The zero-order valence-corrected chi connectivity index (χ0v) is 21.0. The van der Waals surface area contributed by atoms with E-state index < -0.39 is 10.0 Å². The highest BCUT2D eigenvalue weighted by Gasteiger charge is 2.30. The first-order valence-corrected chi connectivity index (χ1v) is 13.1. The number of hydrogen-bond acceptors (Lipinski definition) is 7. The fourth-order valence-corrected chi connectivity index (χ4v) is 5.36. The summed E-state index contributed by atoms with van der Waals surface area (Å²) >= 11 is 0. The van der Waals surface area contributed by atoms with Crippen LogP contribution in [0, 0.1) is 0 Å². The topological polar surface area (TPSA) is 106 Å². The van der Waals surface area contributed by atoms with E-state index in [2.05, 4.69) is 24.0 Å². The van der Waals surface area contributed by atoms with E-state index in [-0.39, 0.29) is 30.3 Å². The average Bonchev–Trinajstić information content (AvgIpc) is 3.36. The van der Waals surface area contributed by atoms with E-state index in [9.17, 15) is 13.2 Å². The molecule has 1 amide bonds. The summed E-state index contributed by atoms with van der Waals surface area (Å²) in [5, 5.41) is 4.04. The van der Waals surface area contributed by atoms with Crippen LogP contribution in [0.15, 0.2) is 57.9 Å². The maximum absolute atomic E-state index is 12.9. The van der Waals surface area contributed by atoms with Gasteiger partial charge < -0.3 is 14.2 Å². The van der Waals surface area contributed by atoms with Crippen molar-refractivity contribution in [3.63, 3.8) is 0 Å². The monoisotopic (exact) mass is 498 g/mol. The third-order valence-electron chi connectivity index (χ3n) is 6.14. The minimum Gasteiger partial charge on any atom is -0.497 e. The number of benzene rings is 2. The third kappa shape index (κ3) is 5.71. The van der Waals surface area contributed by atoms with E-state index in [1.165, 1.54) is 29.1 Å². The first-order chi connectivity index (χ1) is 16.8. The maximum atomic E-state index is 12.9. The summed E-state index contributed by atoms with van der Waals surface area (Å²) < 4.78 is 37.6. The second-order valence-corrected chi connectivity index (χ2v) is 10.7. The van der Waals surface area contributed by atoms with Crippen molar-refractivity contribution in [1.29, 1.82) is 0 Å². The number of ether oxygens (including phenoxy) is 1. The Labute approximate surface area is 205 Å². The van der Waals surface area contributed by atoms with Crippen LogP contribution in [0.3, 0.4) is 0 Å². The molecule has 0 bridgehead atoms. The van der Waals surface area contributed by atoms with Crippen LogP contribution < -0.4 is 4.74 Å². The summed E-state index contributed by atoms with van der Waals surface area (Å²) in [6.07, 6.45) is 0.555. The van der Waals surface area contributed by atoms with Gasteiger partial charge in [-0.25, -0.2) is 8.42 Å². The van der Waals surface area contributed by atoms with Crippen molar-refractivity contribution in [3.8, 4) is 17.1 Å². The summed E-state index contributed by atoms with van der Waals surface area (Å²) in [6, 6.07) is 14.3. The van der Waals surface area contributed by atoms with Crippen molar-refractivity contribution in [1.82, 2.24) is 19.3 Å². The quantitative estimate of drug-likeness (QED) is 0.469. The normalized spacial score (nSPS) is 14.9. The van der Waals surface area contributed by atoms with E-state index >= 15 is 0 Å². The van der Waals surface area contributed by atoms with E-state index in [0.29, 0.717) is 42.9 Å². The van der Waals surface area contributed by atoms with Crippen molar-refractivity contribution >= 4 is 15.9 Å². The molecule has 1 saturated heterocycles. The van der Waals surface area contributed by atoms with E-state index in [1.54, 1.807) is 17.0 Å². The Morgan fingerprint density at radius 1 is 1.03 bits per heavy atom. The molecule has 2 aromatic carbocycles. The Morgan fingerprint density at radius 2 is 1.69 bits per heavy atom. The highest BCUT2D eigenvalue weighted by molar-refractivity contribution is 7.89. The van der Waals surface area contributed by atoms with Gasteiger partial charge in [0.05, 0.1) is 12.0 Å². The predicted molar refractivity (Wildman–Crippen MR) is 130 cm³/mol. The molecule has 0 atom stereocenters. The Morgan fingerprint density at radius 3 is 2.29 bits per heavy atom. The molecule has 1 fully saturated rings. The second kappa shape index (κ2) is 10.6. The minimum atomic E-state index is -3.62. The molecular weight excluding hydrogens is 468 g/mol. The van der Waals surface area contributed by atoms with E-state index in [0.717, 1.165) is 5.56 Å². The fraction of sp³-hybridized carbons (Fsp3) is 0.400. The van der Waals surface area contributed by atoms with Crippen LogP contribution in [-0.2, 0) is 21.2 Å². The molecule has 1 aromatic heterocycles. The van der Waals surface area contributed by atoms with E-state index in [1.807, 2.05) is 24.3 Å². The lowest BCUT2D eigenvalue weighted by atomic mass is 10.0. The summed E-state index contributed by atoms with van der Waals surface area (Å²) in [4.78, 5) is 19.0. The second-order valence-electron chi connectivity index (χ2n) is 8.75. The molecule has 0 unspecified atom stereocenters. The molecule has 4 rings (SSSR count). The van der Waals surface area contributed by atoms with Crippen molar-refractivity contribution in [2.75, 3.05) is 33.3 Å². The van der Waals surface area contributed by atoms with Crippen LogP contribution in [-0.4, -0.2) is 67.0 Å². The first-order valence-electron chi connectivity index (χ1n) is 11.6. The molecule has 10 heteroatoms. The lowest BCUT2D eigenvalue weighted by Gasteiger charge is -2.34. The van der Waals surface area contributed by atoms with Crippen molar-refractivity contribution < 1.29 is 22.5 Å². The zero-order valence-electron chi connectivity index (χ0n) is 20.2. The number of methoxy groups -OCH3 is 1. The highest BCUT2D eigenvalue weighted by atomic mass is 32.2. The van der Waals surface area contributed by atoms with Gasteiger partial charge in [0.15, 0.2) is 0 Å². The molecule has 9 nitrogen and oxygen atoms in total. The van der Waals surface area contributed by atoms with E-state index in [4.69, 9.17) is 9.26 Å². The fourth-order valence-electron chi connectivity index (χ4n) is 3.94. The minimum absolute atomic E-state index is 0.0625. The SMILES string of the molecule is COc1ccc(S(=O)(=O)N2CCN(C(=O)CCc3nc(-c4ccc(C(C)C)cc4)no3)CC2)cc1. The summed E-state index contributed by atoms with van der Waals surface area (Å²) in [7, 11) is -2.09. The van der Waals surface area contributed by atoms with Crippen molar-refractivity contribution in [2.45, 2.75) is 37.5 Å². The number of sulfonamides is 1. The van der Waals surface area contributed by atoms with Crippen LogP contribution >= 0.6 is 0 Å². The summed E-state index contributed by atoms with van der Waals surface area (Å²) in [5.41, 5.74) is 2.10. The van der Waals surface area contributed by atoms with Gasteiger partial charge in [0, 0.05) is 44.6 Å². The van der Waals surface area contributed by atoms with Gasteiger partial charge in [0.1, 0.15) is 5.75 Å². The van der Waals surface area contributed by atoms with Crippen LogP contribution in [0.4, 0.5) is 0 Å². The number of rotatable bonds is 8. The number of aryl methyl sites for hydroxylation is 1. The Balaban J connectivity index is 1.28. The van der Waals surface area contributed by atoms with Gasteiger partial charge >= 0.3 is 0 Å². The van der Waals surface area contributed by atoms with Gasteiger partial charge in [0.2, 0.25) is 27.6 Å². The van der Waals surface area contributed by atoms with Gasteiger partial charge in [-0.3, -0.25) is 4.79 Å². The standard InChI is InChI=1S/C25H30N4O5S/c1-18(2)19-4-6-20(7-5-19)25-26-23(34-27-25)12-13-24(30)28-14-16-29(17-15-28)35(31,32)22-10-8-21(33-3)9-11-22/h4-11,18H,12-17H2,1-3H3. The average molecular weight is 499 g/mol. The molecule has 2 heterocycles. The molecule has 0 radical (unpaired) electrons. The number of piperazine rings is 1. The lowest BCUT2D eigenvalue weighted by Crippen LogP contribution is -2.50. The van der Waals surface area contributed by atoms with Crippen molar-refractivity contribution in [2.24, 2.45) is 0 Å². The maximum Gasteiger partial charge on any atom is 0.243 e. The van der Waals surface area contributed by atoms with Crippen LogP contribution in [0.25, 0.3) is 11.4 Å². The number of amides is 1. The van der Waals surface area contributed by atoms with Crippen LogP contribution in [0.1, 0.15) is 37.6 Å². The zero-order chi connectivity index (χ0) is 25.0. The Bertz CT molecular complexity index is 1250. The molecule has 3 aromatic rings. The number of hydrogen-bond donors (Lipinski definition) is 0. The first kappa shape index (κ1) is 24.9. The lowest BCUT2D eigenvalue weighted by molar-refractivity contribution is -0.132. The molecule has 186 valence electrons. The predicted octanol–water partition coefficient (Wildman–Crippen LogP) is 3.33. The summed E-state index contributed by atoms with van der Waals surface area (Å²) in [5.74, 6) is 1.88. The number of carbonyl (C=O) groups excluding carboxylic acids is 1. The highest BCUT2D eigenvalue weighted by Crippen LogP contribution is 2.22. The van der Waals surface area contributed by atoms with Gasteiger partial charge in [-0.15, -0.1) is 0 Å². The van der Waals surface area contributed by atoms with Crippen LogP contribution in [0.2, 0.25) is 0 Å². The van der Waals surface area contributed by atoms with Gasteiger partial charge in [0.25, 0.3) is 0 Å². The Kier molecular flexibility index (Phi) is 7.51. The molecule has 0 N–H and O–H groups in total. The van der Waals surface area contributed by atoms with Crippen molar-refractivity contribution in [3.05, 3.63) is 60.0 Å². The summed E-state index contributed by atoms with van der Waals surface area (Å²) in [6.45, 7) is 5.45. The molecule has 1 aliphatic rings. The largest absolute Gasteiger partial charge is 0.497 e. The third-order valence-corrected chi connectivity index (χ3v) is 8.06. The number of carbonyl (C=O) groups is 1. The molecule has 0 aliphatic carbocycles. The molecule has 0 saturated carbocycles. The Hall–Kier alpha value is -3.24. The molecule has 1 aliphatic heterocycles. The van der Waals surface area contributed by atoms with Gasteiger partial charge in [-0.05, 0) is 35.7 Å². The number of aromatic nitrogens is 2. The number of nitrogens with zero attached hydrogens (tertiary/aromatic N) is 4.